The average molecular weight is 313 g/mol. The molecule has 3 heterocycles. The van der Waals surface area contributed by atoms with Crippen LogP contribution in [-0.4, -0.2) is 32.9 Å². The van der Waals surface area contributed by atoms with Gasteiger partial charge in [-0.2, -0.15) is 0 Å². The van der Waals surface area contributed by atoms with E-state index in [4.69, 9.17) is 9.31 Å². The van der Waals surface area contributed by atoms with Crippen molar-refractivity contribution < 1.29 is 9.31 Å². The summed E-state index contributed by atoms with van der Waals surface area (Å²) in [5.74, 6) is 0.491. The maximum absolute atomic E-state index is 11.7. The van der Waals surface area contributed by atoms with E-state index in [1.165, 1.54) is 10.6 Å². The highest BCUT2D eigenvalue weighted by molar-refractivity contribution is 6.61. The monoisotopic (exact) mass is 313 g/mol. The van der Waals surface area contributed by atoms with Crippen molar-refractivity contribution in [2.24, 2.45) is 7.05 Å². The number of rotatable bonds is 2. The van der Waals surface area contributed by atoms with E-state index < -0.39 is 18.3 Å². The lowest BCUT2D eigenvalue weighted by molar-refractivity contribution is 0.00578. The Balaban J connectivity index is 1.89. The zero-order valence-corrected chi connectivity index (χ0v) is 14.0. The highest BCUT2D eigenvalue weighted by Gasteiger charge is 2.51. The minimum atomic E-state index is -0.492. The first-order valence-electron chi connectivity index (χ1n) is 7.55. The number of aromatic nitrogens is 3. The Morgan fingerprint density at radius 1 is 1.04 bits per heavy atom. The maximum atomic E-state index is 11.7. The predicted molar refractivity (Wildman–Crippen MR) is 88.4 cm³/mol. The number of hydrogen-bond donors (Lipinski definition) is 0. The van der Waals surface area contributed by atoms with Crippen molar-refractivity contribution in [1.82, 2.24) is 14.5 Å². The molecule has 0 aliphatic carbocycles. The van der Waals surface area contributed by atoms with Crippen LogP contribution in [0.5, 0.6) is 0 Å². The van der Waals surface area contributed by atoms with E-state index in [0.717, 1.165) is 5.46 Å². The van der Waals surface area contributed by atoms with Gasteiger partial charge in [0.15, 0.2) is 5.82 Å². The smallest absolute Gasteiger partial charge is 0.399 e. The predicted octanol–water partition coefficient (Wildman–Crippen LogP) is 1.14. The molecule has 1 aliphatic heterocycles. The van der Waals surface area contributed by atoms with Crippen LogP contribution in [0.3, 0.4) is 0 Å². The highest BCUT2D eigenvalue weighted by atomic mass is 16.7. The van der Waals surface area contributed by atoms with E-state index in [9.17, 15) is 4.79 Å². The lowest BCUT2D eigenvalue weighted by atomic mass is 9.81. The summed E-state index contributed by atoms with van der Waals surface area (Å²) in [6.07, 6.45) is 3.36. The van der Waals surface area contributed by atoms with Crippen LogP contribution in [-0.2, 0) is 16.4 Å². The van der Waals surface area contributed by atoms with Gasteiger partial charge in [-0.15, -0.1) is 0 Å². The maximum Gasteiger partial charge on any atom is 0.498 e. The average Bonchev–Trinajstić information content (AvgIpc) is 2.71. The van der Waals surface area contributed by atoms with E-state index >= 15 is 0 Å². The molecule has 0 N–H and O–H groups in total. The summed E-state index contributed by atoms with van der Waals surface area (Å²) < 4.78 is 13.5. The van der Waals surface area contributed by atoms with Gasteiger partial charge in [0.25, 0.3) is 5.56 Å². The van der Waals surface area contributed by atoms with Gasteiger partial charge in [-0.1, -0.05) is 6.07 Å². The van der Waals surface area contributed by atoms with Crippen molar-refractivity contribution in [1.29, 1.82) is 0 Å². The van der Waals surface area contributed by atoms with Gasteiger partial charge in [0.05, 0.1) is 16.9 Å². The van der Waals surface area contributed by atoms with Crippen LogP contribution in [0.2, 0.25) is 0 Å². The number of nitrogens with zero attached hydrogens (tertiary/aromatic N) is 3. The molecule has 6 nitrogen and oxygen atoms in total. The van der Waals surface area contributed by atoms with E-state index in [0.29, 0.717) is 11.5 Å². The molecule has 1 aliphatic rings. The summed E-state index contributed by atoms with van der Waals surface area (Å²) in [5, 5.41) is 0. The fourth-order valence-corrected chi connectivity index (χ4v) is 2.36. The topological polar surface area (TPSA) is 66.2 Å². The van der Waals surface area contributed by atoms with Gasteiger partial charge in [-0.3, -0.25) is 4.79 Å². The molecule has 3 rings (SSSR count). The summed E-state index contributed by atoms with van der Waals surface area (Å²) in [6, 6.07) is 5.01. The second kappa shape index (κ2) is 5.28. The minimum absolute atomic E-state index is 0.0962. The number of pyridine rings is 1. The van der Waals surface area contributed by atoms with Crippen LogP contribution < -0.4 is 11.0 Å². The Morgan fingerprint density at radius 2 is 1.61 bits per heavy atom. The zero-order valence-electron chi connectivity index (χ0n) is 14.0. The molecule has 0 atom stereocenters. The van der Waals surface area contributed by atoms with Crippen molar-refractivity contribution in [3.05, 3.63) is 40.9 Å². The van der Waals surface area contributed by atoms with Crippen molar-refractivity contribution >= 4 is 12.6 Å². The van der Waals surface area contributed by atoms with Crippen LogP contribution in [0.25, 0.3) is 11.5 Å². The van der Waals surface area contributed by atoms with Crippen LogP contribution in [0.1, 0.15) is 27.7 Å². The molecule has 2 aromatic rings. The Bertz CT molecular complexity index is 768. The molecule has 0 bridgehead atoms. The molecule has 7 heteroatoms. The molecule has 1 saturated heterocycles. The van der Waals surface area contributed by atoms with Gasteiger partial charge in [-0.05, 0) is 33.8 Å². The van der Waals surface area contributed by atoms with E-state index in [1.807, 2.05) is 33.8 Å². The molecule has 0 spiro atoms. The highest BCUT2D eigenvalue weighted by Crippen LogP contribution is 2.36. The lowest BCUT2D eigenvalue weighted by Crippen LogP contribution is -2.41. The molecule has 2 aromatic heterocycles. The van der Waals surface area contributed by atoms with Crippen LogP contribution in [0.15, 0.2) is 35.4 Å². The summed E-state index contributed by atoms with van der Waals surface area (Å²) >= 11 is 0. The number of hydrogen-bond acceptors (Lipinski definition) is 5. The van der Waals surface area contributed by atoms with Crippen LogP contribution >= 0.6 is 0 Å². The summed E-state index contributed by atoms with van der Waals surface area (Å²) in [5.41, 5.74) is 0.520. The van der Waals surface area contributed by atoms with Crippen molar-refractivity contribution in [2.45, 2.75) is 38.9 Å². The largest absolute Gasteiger partial charge is 0.498 e. The molecular weight excluding hydrogens is 293 g/mol. The quantitative estimate of drug-likeness (QED) is 0.778. The van der Waals surface area contributed by atoms with E-state index in [2.05, 4.69) is 9.97 Å². The Hall–Kier alpha value is -1.99. The molecule has 120 valence electrons. The fraction of sp³-hybridized carbons (Fsp3) is 0.438. The van der Waals surface area contributed by atoms with Crippen molar-refractivity contribution in [3.8, 4) is 11.5 Å². The lowest BCUT2D eigenvalue weighted by Gasteiger charge is -2.32. The first-order valence-corrected chi connectivity index (χ1v) is 7.55. The molecule has 23 heavy (non-hydrogen) atoms. The minimum Gasteiger partial charge on any atom is -0.399 e. The molecule has 0 radical (unpaired) electrons. The first kappa shape index (κ1) is 15.9. The van der Waals surface area contributed by atoms with Crippen LogP contribution in [0.4, 0.5) is 0 Å². The van der Waals surface area contributed by atoms with Crippen molar-refractivity contribution in [2.75, 3.05) is 0 Å². The van der Waals surface area contributed by atoms with Gasteiger partial charge in [0.2, 0.25) is 0 Å². The third-order valence-electron chi connectivity index (χ3n) is 4.61. The van der Waals surface area contributed by atoms with Gasteiger partial charge in [0, 0.05) is 31.0 Å². The van der Waals surface area contributed by atoms with Gasteiger partial charge in [-0.25, -0.2) is 9.97 Å². The summed E-state index contributed by atoms with van der Waals surface area (Å²) in [4.78, 5) is 20.4. The van der Waals surface area contributed by atoms with Crippen LogP contribution in [0, 0.1) is 0 Å². The summed E-state index contributed by atoms with van der Waals surface area (Å²) in [7, 11) is 1.21. The second-order valence-electron chi connectivity index (χ2n) is 6.74. The summed E-state index contributed by atoms with van der Waals surface area (Å²) in [6.45, 7) is 8.01. The normalized spacial score (nSPS) is 19.1. The molecule has 0 amide bonds. The Kier molecular flexibility index (Phi) is 3.65. The third-order valence-corrected chi connectivity index (χ3v) is 4.61. The molecule has 0 aromatic carbocycles. The van der Waals surface area contributed by atoms with Gasteiger partial charge < -0.3 is 13.9 Å². The first-order chi connectivity index (χ1) is 10.7. The second-order valence-corrected chi connectivity index (χ2v) is 6.74. The fourth-order valence-electron chi connectivity index (χ4n) is 2.36. The van der Waals surface area contributed by atoms with E-state index in [-0.39, 0.29) is 5.56 Å². The molecule has 0 saturated carbocycles. The Morgan fingerprint density at radius 3 is 2.17 bits per heavy atom. The molecule has 0 unspecified atom stereocenters. The molecular formula is C16H20BN3O3. The standard InChI is InChI=1S/C16H20BN3O3/c1-15(2)16(3,4)23-17(22-15)11-9-18-14(19-10-11)12-7-6-8-13(21)20(12)5/h6-10H,1-5H3. The van der Waals surface area contributed by atoms with Gasteiger partial charge >= 0.3 is 7.12 Å². The van der Waals surface area contributed by atoms with Crippen molar-refractivity contribution in [3.63, 3.8) is 0 Å². The molecule has 1 fully saturated rings. The SMILES string of the molecule is Cn1c(-c2ncc(B3OC(C)(C)C(C)(C)O3)cn2)cccc1=O. The zero-order chi connectivity index (χ0) is 16.8. The van der Waals surface area contributed by atoms with Gasteiger partial charge in [0.1, 0.15) is 0 Å². The third kappa shape index (κ3) is 2.70. The Labute approximate surface area is 135 Å². The van der Waals surface area contributed by atoms with E-state index in [1.54, 1.807) is 25.5 Å².